The maximum Gasteiger partial charge on any atom is 0.271 e. The highest BCUT2D eigenvalue weighted by Gasteiger charge is 2.27. The maximum atomic E-state index is 12.5. The lowest BCUT2D eigenvalue weighted by molar-refractivity contribution is -0.126. The minimum Gasteiger partial charge on any atom is -0.356 e. The van der Waals surface area contributed by atoms with Crippen molar-refractivity contribution >= 4 is 39.2 Å². The number of nitrogens with one attached hydrogen (secondary N) is 2. The average Bonchev–Trinajstić information content (AvgIpc) is 3.06. The van der Waals surface area contributed by atoms with Gasteiger partial charge in [0, 0.05) is 36.3 Å². The zero-order valence-electron chi connectivity index (χ0n) is 16.3. The van der Waals surface area contributed by atoms with Gasteiger partial charge in [-0.2, -0.15) is 0 Å². The Hall–Kier alpha value is -3.07. The van der Waals surface area contributed by atoms with Crippen LogP contribution in [-0.4, -0.2) is 39.9 Å². The molecule has 0 aromatic carbocycles. The first kappa shape index (κ1) is 19.3. The van der Waals surface area contributed by atoms with Crippen LogP contribution in [0.3, 0.4) is 0 Å². The zero-order chi connectivity index (χ0) is 20.4. The predicted molar refractivity (Wildman–Crippen MR) is 112 cm³/mol. The van der Waals surface area contributed by atoms with Gasteiger partial charge in [-0.05, 0) is 44.4 Å². The van der Waals surface area contributed by atoms with Gasteiger partial charge in [-0.15, -0.1) is 11.3 Å². The molecule has 4 rings (SSSR count). The molecule has 0 radical (unpaired) electrons. The molecule has 0 atom stereocenters. The van der Waals surface area contributed by atoms with E-state index in [1.54, 1.807) is 36.0 Å². The molecule has 0 bridgehead atoms. The van der Waals surface area contributed by atoms with Gasteiger partial charge in [-0.3, -0.25) is 25.4 Å². The smallest absolute Gasteiger partial charge is 0.271 e. The highest BCUT2D eigenvalue weighted by molar-refractivity contribution is 7.18. The van der Waals surface area contributed by atoms with E-state index in [9.17, 15) is 9.59 Å². The summed E-state index contributed by atoms with van der Waals surface area (Å²) in [6, 6.07) is 3.32. The standard InChI is InChI=1S/C20H22N6O2S/c1-12-13(2)29-20-16(12)17(22-11-23-20)26-8-5-14(6-9-26)18(27)24-25-19(28)15-4-3-7-21-10-15/h3-4,7,10-11,14H,5-6,8-9H2,1-2H3,(H,24,27)(H,25,28). The quantitative estimate of drug-likeness (QED) is 0.643. The van der Waals surface area contributed by atoms with E-state index in [4.69, 9.17) is 0 Å². The number of hydrogen-bond acceptors (Lipinski definition) is 7. The van der Waals surface area contributed by atoms with E-state index in [0.717, 1.165) is 29.1 Å². The van der Waals surface area contributed by atoms with E-state index in [1.165, 1.54) is 16.6 Å². The second-order valence-electron chi connectivity index (χ2n) is 7.11. The molecular formula is C20H22N6O2S. The number of fused-ring (bicyclic) bond motifs is 1. The van der Waals surface area contributed by atoms with Crippen molar-refractivity contribution in [1.82, 2.24) is 25.8 Å². The maximum absolute atomic E-state index is 12.5. The summed E-state index contributed by atoms with van der Waals surface area (Å²) in [5, 5.41) is 1.11. The van der Waals surface area contributed by atoms with Gasteiger partial charge in [-0.25, -0.2) is 9.97 Å². The average molecular weight is 411 g/mol. The number of hydrazine groups is 1. The fourth-order valence-corrected chi connectivity index (χ4v) is 4.54. The lowest BCUT2D eigenvalue weighted by Crippen LogP contribution is -2.47. The van der Waals surface area contributed by atoms with Crippen LogP contribution in [0.5, 0.6) is 0 Å². The van der Waals surface area contributed by atoms with Crippen molar-refractivity contribution in [3.05, 3.63) is 46.9 Å². The first-order valence-corrected chi connectivity index (χ1v) is 10.3. The molecule has 4 heterocycles. The molecule has 0 unspecified atom stereocenters. The van der Waals surface area contributed by atoms with Crippen LogP contribution in [0.2, 0.25) is 0 Å². The Morgan fingerprint density at radius 2 is 1.97 bits per heavy atom. The molecule has 1 saturated heterocycles. The van der Waals surface area contributed by atoms with Crippen molar-refractivity contribution in [3.8, 4) is 0 Å². The van der Waals surface area contributed by atoms with E-state index in [2.05, 4.69) is 44.6 Å². The lowest BCUT2D eigenvalue weighted by Gasteiger charge is -2.32. The van der Waals surface area contributed by atoms with Gasteiger partial charge in [0.15, 0.2) is 0 Å². The molecule has 150 valence electrons. The summed E-state index contributed by atoms with van der Waals surface area (Å²) in [4.78, 5) is 41.8. The summed E-state index contributed by atoms with van der Waals surface area (Å²) in [6.45, 7) is 5.66. The predicted octanol–water partition coefficient (Wildman–Crippen LogP) is 2.38. The van der Waals surface area contributed by atoms with E-state index in [0.29, 0.717) is 18.4 Å². The molecule has 1 aliphatic heterocycles. The van der Waals surface area contributed by atoms with Gasteiger partial charge in [0.05, 0.1) is 10.9 Å². The Balaban J connectivity index is 1.36. The molecule has 29 heavy (non-hydrogen) atoms. The Kier molecular flexibility index (Phi) is 5.39. The van der Waals surface area contributed by atoms with Crippen LogP contribution < -0.4 is 15.8 Å². The number of thiophene rings is 1. The molecule has 9 heteroatoms. The second-order valence-corrected chi connectivity index (χ2v) is 8.31. The SMILES string of the molecule is Cc1sc2ncnc(N3CCC(C(=O)NNC(=O)c4cccnc4)CC3)c2c1C. The number of rotatable bonds is 3. The third-order valence-electron chi connectivity index (χ3n) is 5.33. The monoisotopic (exact) mass is 410 g/mol. The number of nitrogens with zero attached hydrogens (tertiary/aromatic N) is 4. The molecule has 2 N–H and O–H groups in total. The number of carbonyl (C=O) groups excluding carboxylic acids is 2. The number of aromatic nitrogens is 3. The summed E-state index contributed by atoms with van der Waals surface area (Å²) >= 11 is 1.68. The van der Waals surface area contributed by atoms with Crippen molar-refractivity contribution in [2.24, 2.45) is 5.92 Å². The number of hydrogen-bond donors (Lipinski definition) is 2. The molecule has 3 aromatic heterocycles. The van der Waals surface area contributed by atoms with Crippen LogP contribution in [0.25, 0.3) is 10.2 Å². The van der Waals surface area contributed by atoms with E-state index in [-0.39, 0.29) is 17.7 Å². The molecule has 1 aliphatic rings. The van der Waals surface area contributed by atoms with Crippen molar-refractivity contribution in [2.45, 2.75) is 26.7 Å². The molecule has 3 aromatic rings. The number of piperidine rings is 1. The molecular weight excluding hydrogens is 388 g/mol. The summed E-state index contributed by atoms with van der Waals surface area (Å²) in [5.41, 5.74) is 6.62. The van der Waals surface area contributed by atoms with Gasteiger partial charge >= 0.3 is 0 Å². The van der Waals surface area contributed by atoms with Gasteiger partial charge in [0.2, 0.25) is 5.91 Å². The first-order valence-electron chi connectivity index (χ1n) is 9.50. The Bertz CT molecular complexity index is 1040. The van der Waals surface area contributed by atoms with Crippen molar-refractivity contribution in [1.29, 1.82) is 0 Å². The minimum absolute atomic E-state index is 0.150. The highest BCUT2D eigenvalue weighted by Crippen LogP contribution is 2.35. The van der Waals surface area contributed by atoms with E-state index in [1.807, 2.05) is 0 Å². The van der Waals surface area contributed by atoms with Crippen LogP contribution in [0.4, 0.5) is 5.82 Å². The van der Waals surface area contributed by atoms with Crippen LogP contribution in [0.15, 0.2) is 30.9 Å². The van der Waals surface area contributed by atoms with Gasteiger partial charge in [0.1, 0.15) is 17.0 Å². The van der Waals surface area contributed by atoms with Crippen LogP contribution >= 0.6 is 11.3 Å². The van der Waals surface area contributed by atoms with E-state index >= 15 is 0 Å². The fraction of sp³-hybridized carbons (Fsp3) is 0.350. The topological polar surface area (TPSA) is 100 Å². The first-order chi connectivity index (χ1) is 14.0. The van der Waals surface area contributed by atoms with Gasteiger partial charge in [0.25, 0.3) is 5.91 Å². The van der Waals surface area contributed by atoms with Crippen molar-refractivity contribution in [3.63, 3.8) is 0 Å². The second kappa shape index (κ2) is 8.12. The Morgan fingerprint density at radius 1 is 1.17 bits per heavy atom. The van der Waals surface area contributed by atoms with Crippen molar-refractivity contribution < 1.29 is 9.59 Å². The van der Waals surface area contributed by atoms with Gasteiger partial charge in [-0.1, -0.05) is 0 Å². The van der Waals surface area contributed by atoms with Crippen LogP contribution in [0, 0.1) is 19.8 Å². The largest absolute Gasteiger partial charge is 0.356 e. The molecule has 2 amide bonds. The number of anilines is 1. The number of aryl methyl sites for hydroxylation is 2. The molecule has 8 nitrogen and oxygen atoms in total. The summed E-state index contributed by atoms with van der Waals surface area (Å²) < 4.78 is 0. The van der Waals surface area contributed by atoms with Crippen molar-refractivity contribution in [2.75, 3.05) is 18.0 Å². The summed E-state index contributed by atoms with van der Waals surface area (Å²) in [5.74, 6) is 0.247. The minimum atomic E-state index is -0.379. The third kappa shape index (κ3) is 3.91. The normalized spacial score (nSPS) is 14.8. The van der Waals surface area contributed by atoms with Crippen LogP contribution in [0.1, 0.15) is 33.6 Å². The molecule has 0 saturated carbocycles. The lowest BCUT2D eigenvalue weighted by atomic mass is 9.96. The van der Waals surface area contributed by atoms with Gasteiger partial charge < -0.3 is 4.90 Å². The fourth-order valence-electron chi connectivity index (χ4n) is 3.55. The zero-order valence-corrected chi connectivity index (χ0v) is 17.1. The number of amides is 2. The summed E-state index contributed by atoms with van der Waals surface area (Å²) in [7, 11) is 0. The Labute approximate surface area is 172 Å². The highest BCUT2D eigenvalue weighted by atomic mass is 32.1. The molecule has 0 aliphatic carbocycles. The summed E-state index contributed by atoms with van der Waals surface area (Å²) in [6.07, 6.45) is 6.05. The number of pyridine rings is 1. The Morgan fingerprint density at radius 3 is 2.69 bits per heavy atom. The van der Waals surface area contributed by atoms with Crippen LogP contribution in [-0.2, 0) is 4.79 Å². The number of carbonyl (C=O) groups is 2. The molecule has 1 fully saturated rings. The van der Waals surface area contributed by atoms with E-state index < -0.39 is 0 Å². The molecule has 0 spiro atoms. The third-order valence-corrected chi connectivity index (χ3v) is 6.45.